The summed E-state index contributed by atoms with van der Waals surface area (Å²) in [5.74, 6) is -0.904. The van der Waals surface area contributed by atoms with Gasteiger partial charge in [-0.2, -0.15) is 0 Å². The molecule has 0 unspecified atom stereocenters. The molecule has 22 heavy (non-hydrogen) atoms. The molecule has 0 aliphatic heterocycles. The molecule has 0 saturated heterocycles. The first kappa shape index (κ1) is 16.1. The highest BCUT2D eigenvalue weighted by Crippen LogP contribution is 2.16. The van der Waals surface area contributed by atoms with E-state index >= 15 is 0 Å². The molecule has 6 heteroatoms. The molecule has 112 valence electrons. The van der Waals surface area contributed by atoms with Gasteiger partial charge < -0.3 is 0 Å². The Labute approximate surface area is 137 Å². The highest BCUT2D eigenvalue weighted by molar-refractivity contribution is 6.32. The van der Waals surface area contributed by atoms with Gasteiger partial charge in [0, 0.05) is 21.7 Å². The minimum atomic E-state index is -0.470. The van der Waals surface area contributed by atoms with Gasteiger partial charge in [-0.25, -0.2) is 0 Å². The molecule has 0 spiro atoms. The number of benzene rings is 2. The van der Waals surface area contributed by atoms with Crippen molar-refractivity contribution in [1.82, 2.24) is 10.9 Å². The lowest BCUT2D eigenvalue weighted by Gasteiger charge is -2.05. The van der Waals surface area contributed by atoms with Crippen LogP contribution in [-0.2, 0) is 4.79 Å². The number of hydrogen-bond donors (Lipinski definition) is 2. The number of carbonyl (C=O) groups excluding carboxylic acids is 2. The predicted octanol–water partition coefficient (Wildman–Crippen LogP) is 3.47. The second-order valence-corrected chi connectivity index (χ2v) is 5.15. The van der Waals surface area contributed by atoms with Crippen molar-refractivity contribution in [2.45, 2.75) is 0 Å². The van der Waals surface area contributed by atoms with Crippen LogP contribution >= 0.6 is 23.2 Å². The van der Waals surface area contributed by atoms with E-state index < -0.39 is 11.8 Å². The Bertz CT molecular complexity index is 712. The largest absolute Gasteiger partial charge is 0.269 e. The third-order valence-corrected chi connectivity index (χ3v) is 3.32. The van der Waals surface area contributed by atoms with Gasteiger partial charge in [0.2, 0.25) is 0 Å². The summed E-state index contributed by atoms with van der Waals surface area (Å²) < 4.78 is 0. The average Bonchev–Trinajstić information content (AvgIpc) is 2.52. The zero-order valence-electron chi connectivity index (χ0n) is 11.3. The van der Waals surface area contributed by atoms with Gasteiger partial charge in [0.15, 0.2) is 0 Å². The summed E-state index contributed by atoms with van der Waals surface area (Å²) in [4.78, 5) is 23.4. The van der Waals surface area contributed by atoms with E-state index in [0.29, 0.717) is 21.2 Å². The molecule has 2 aromatic carbocycles. The van der Waals surface area contributed by atoms with Crippen LogP contribution in [0.1, 0.15) is 15.9 Å². The van der Waals surface area contributed by atoms with E-state index in [4.69, 9.17) is 23.2 Å². The number of hydrogen-bond acceptors (Lipinski definition) is 2. The summed E-state index contributed by atoms with van der Waals surface area (Å²) in [5, 5.41) is 1.07. The zero-order valence-corrected chi connectivity index (χ0v) is 12.9. The first-order valence-electron chi connectivity index (χ1n) is 6.35. The lowest BCUT2D eigenvalue weighted by Crippen LogP contribution is -2.40. The van der Waals surface area contributed by atoms with Crippen LogP contribution in [0.3, 0.4) is 0 Å². The normalized spacial score (nSPS) is 10.5. The Hall–Kier alpha value is -2.30. The fraction of sp³-hybridized carbons (Fsp3) is 0. The smallest absolute Gasteiger partial charge is 0.268 e. The van der Waals surface area contributed by atoms with Crippen LogP contribution in [0.25, 0.3) is 6.08 Å². The van der Waals surface area contributed by atoms with Gasteiger partial charge in [0.05, 0.1) is 0 Å². The molecule has 0 atom stereocenters. The van der Waals surface area contributed by atoms with Crippen molar-refractivity contribution in [3.8, 4) is 0 Å². The van der Waals surface area contributed by atoms with Gasteiger partial charge in [0.25, 0.3) is 11.8 Å². The molecule has 0 fully saturated rings. The van der Waals surface area contributed by atoms with Crippen LogP contribution in [0, 0.1) is 0 Å². The number of halogens is 2. The molecule has 0 radical (unpaired) electrons. The van der Waals surface area contributed by atoms with E-state index in [1.54, 1.807) is 48.5 Å². The van der Waals surface area contributed by atoms with Crippen LogP contribution < -0.4 is 10.9 Å². The molecule has 4 nitrogen and oxygen atoms in total. The Morgan fingerprint density at radius 3 is 2.27 bits per heavy atom. The second kappa shape index (κ2) is 7.64. The molecule has 2 amide bonds. The maximum absolute atomic E-state index is 11.8. The van der Waals surface area contributed by atoms with E-state index in [1.807, 2.05) is 6.07 Å². The lowest BCUT2D eigenvalue weighted by molar-refractivity contribution is -0.117. The number of nitrogens with one attached hydrogen (secondary N) is 2. The second-order valence-electron chi connectivity index (χ2n) is 4.31. The van der Waals surface area contributed by atoms with Crippen LogP contribution in [0.4, 0.5) is 0 Å². The topological polar surface area (TPSA) is 58.2 Å². The van der Waals surface area contributed by atoms with Gasteiger partial charge in [-0.15, -0.1) is 0 Å². The van der Waals surface area contributed by atoms with Crippen molar-refractivity contribution in [2.24, 2.45) is 0 Å². The maximum Gasteiger partial charge on any atom is 0.269 e. The molecule has 2 aromatic rings. The average molecular weight is 335 g/mol. The highest BCUT2D eigenvalue weighted by Gasteiger charge is 2.05. The Kier molecular flexibility index (Phi) is 5.58. The number of amides is 2. The first-order valence-corrected chi connectivity index (χ1v) is 7.10. The maximum atomic E-state index is 11.8. The van der Waals surface area contributed by atoms with Crippen LogP contribution in [-0.4, -0.2) is 11.8 Å². The van der Waals surface area contributed by atoms with Gasteiger partial charge in [0.1, 0.15) is 0 Å². The highest BCUT2D eigenvalue weighted by atomic mass is 35.5. The fourth-order valence-corrected chi connectivity index (χ4v) is 1.93. The van der Waals surface area contributed by atoms with Crippen molar-refractivity contribution in [1.29, 1.82) is 0 Å². The van der Waals surface area contributed by atoms with Crippen LogP contribution in [0.15, 0.2) is 54.6 Å². The summed E-state index contributed by atoms with van der Waals surface area (Å²) in [6, 6.07) is 13.4. The third-order valence-electron chi connectivity index (χ3n) is 2.73. The van der Waals surface area contributed by atoms with Gasteiger partial charge >= 0.3 is 0 Å². The fourth-order valence-electron chi connectivity index (χ4n) is 1.61. The molecule has 2 rings (SSSR count). The predicted molar refractivity (Wildman–Crippen MR) is 87.5 cm³/mol. The number of rotatable bonds is 3. The van der Waals surface area contributed by atoms with Crippen molar-refractivity contribution in [3.05, 3.63) is 75.8 Å². The SMILES string of the molecule is O=C(C=Cc1ccccc1Cl)NNC(=O)c1ccc(Cl)cc1. The number of hydrazine groups is 1. The summed E-state index contributed by atoms with van der Waals surface area (Å²) in [6.07, 6.45) is 2.84. The summed E-state index contributed by atoms with van der Waals surface area (Å²) in [6.45, 7) is 0. The third kappa shape index (κ3) is 4.62. The molecule has 2 N–H and O–H groups in total. The first-order chi connectivity index (χ1) is 10.6. The summed E-state index contributed by atoms with van der Waals surface area (Å²) >= 11 is 11.7. The van der Waals surface area contributed by atoms with Crippen molar-refractivity contribution in [2.75, 3.05) is 0 Å². The lowest BCUT2D eigenvalue weighted by atomic mass is 10.2. The standard InChI is InChI=1S/C16H12Cl2N2O2/c17-13-8-5-12(6-9-13)16(22)20-19-15(21)10-7-11-3-1-2-4-14(11)18/h1-10H,(H,19,21)(H,20,22). The quantitative estimate of drug-likeness (QED) is 0.667. The molecule has 0 saturated carbocycles. The molecular weight excluding hydrogens is 323 g/mol. The molecular formula is C16H12Cl2N2O2. The van der Waals surface area contributed by atoms with E-state index in [-0.39, 0.29) is 0 Å². The van der Waals surface area contributed by atoms with E-state index in [2.05, 4.69) is 10.9 Å². The molecule has 0 aliphatic rings. The zero-order chi connectivity index (χ0) is 15.9. The minimum absolute atomic E-state index is 0.389. The minimum Gasteiger partial charge on any atom is -0.268 e. The van der Waals surface area contributed by atoms with Crippen molar-refractivity contribution < 1.29 is 9.59 Å². The van der Waals surface area contributed by atoms with Crippen LogP contribution in [0.2, 0.25) is 10.0 Å². The van der Waals surface area contributed by atoms with E-state index in [1.165, 1.54) is 6.08 Å². The van der Waals surface area contributed by atoms with Gasteiger partial charge in [-0.05, 0) is 42.0 Å². The molecule has 0 bridgehead atoms. The Morgan fingerprint density at radius 1 is 0.909 bits per heavy atom. The van der Waals surface area contributed by atoms with E-state index in [9.17, 15) is 9.59 Å². The molecule has 0 aliphatic carbocycles. The van der Waals surface area contributed by atoms with Gasteiger partial charge in [-0.1, -0.05) is 41.4 Å². The van der Waals surface area contributed by atoms with Crippen molar-refractivity contribution >= 4 is 41.1 Å². The molecule has 0 heterocycles. The molecule has 0 aromatic heterocycles. The summed E-state index contributed by atoms with van der Waals surface area (Å²) in [5.41, 5.74) is 5.69. The monoisotopic (exact) mass is 334 g/mol. The Morgan fingerprint density at radius 2 is 1.59 bits per heavy atom. The Balaban J connectivity index is 1.89. The van der Waals surface area contributed by atoms with Crippen molar-refractivity contribution in [3.63, 3.8) is 0 Å². The number of carbonyl (C=O) groups is 2. The van der Waals surface area contributed by atoms with E-state index in [0.717, 1.165) is 0 Å². The van der Waals surface area contributed by atoms with Crippen LogP contribution in [0.5, 0.6) is 0 Å². The summed E-state index contributed by atoms with van der Waals surface area (Å²) in [7, 11) is 0. The van der Waals surface area contributed by atoms with Gasteiger partial charge in [-0.3, -0.25) is 20.4 Å².